The first kappa shape index (κ1) is 18.4. The molecule has 0 radical (unpaired) electrons. The number of hydrogen-bond acceptors (Lipinski definition) is 4. The van der Waals surface area contributed by atoms with Crippen LogP contribution in [0.25, 0.3) is 0 Å². The largest absolute Gasteiger partial charge is 0.344 e. The fraction of sp³-hybridized carbons (Fsp3) is 0.875. The maximum atomic E-state index is 12.1. The van der Waals surface area contributed by atoms with Crippen molar-refractivity contribution in [3.8, 4) is 0 Å². The summed E-state index contributed by atoms with van der Waals surface area (Å²) in [6.07, 6.45) is 10.7. The lowest BCUT2D eigenvalue weighted by Gasteiger charge is -2.39. The maximum absolute atomic E-state index is 12.1. The van der Waals surface area contributed by atoms with Gasteiger partial charge in [0, 0.05) is 31.9 Å². The van der Waals surface area contributed by atoms with Gasteiger partial charge >= 0.3 is 0 Å². The summed E-state index contributed by atoms with van der Waals surface area (Å²) in [6, 6.07) is 0.229. The van der Waals surface area contributed by atoms with Gasteiger partial charge in [-0.15, -0.1) is 0 Å². The van der Waals surface area contributed by atoms with Crippen molar-refractivity contribution in [2.75, 3.05) is 32.4 Å². The van der Waals surface area contributed by atoms with E-state index in [1.165, 1.54) is 38.4 Å². The topological polar surface area (TPSA) is 69.7 Å². The van der Waals surface area contributed by atoms with Crippen molar-refractivity contribution in [2.24, 2.45) is 5.92 Å². The van der Waals surface area contributed by atoms with Gasteiger partial charge in [0.05, 0.1) is 6.54 Å². The predicted octanol–water partition coefficient (Wildman–Crippen LogP) is 0.899. The molecule has 2 atom stereocenters. The average molecular weight is 343 g/mol. The van der Waals surface area contributed by atoms with Crippen LogP contribution in [0.15, 0.2) is 0 Å². The molecule has 0 aromatic heterocycles. The zero-order valence-corrected chi connectivity index (χ0v) is 14.9. The summed E-state index contributed by atoms with van der Waals surface area (Å²) in [5, 5.41) is 0. The zero-order valence-electron chi connectivity index (χ0n) is 14.0. The van der Waals surface area contributed by atoms with Crippen LogP contribution < -0.4 is 4.72 Å². The number of hydrogen-bond donors (Lipinski definition) is 1. The third kappa shape index (κ3) is 6.22. The normalized spacial score (nSPS) is 24.4. The van der Waals surface area contributed by atoms with Gasteiger partial charge in [0.25, 0.3) is 0 Å². The minimum absolute atomic E-state index is 0.190. The van der Waals surface area contributed by atoms with Gasteiger partial charge in [-0.3, -0.25) is 19.2 Å². The Labute approximate surface area is 141 Å². The molecule has 1 aliphatic carbocycles. The van der Waals surface area contributed by atoms with Gasteiger partial charge in [-0.2, -0.15) is 0 Å². The van der Waals surface area contributed by atoms with Gasteiger partial charge < -0.3 is 4.90 Å². The number of likely N-dealkylation sites (tertiary alicyclic amines) is 1. The molecule has 2 amide bonds. The number of amides is 2. The highest BCUT2D eigenvalue weighted by Gasteiger charge is 2.28. The van der Waals surface area contributed by atoms with Gasteiger partial charge in [0.2, 0.25) is 12.3 Å². The molecule has 1 N–H and O–H groups in total. The second-order valence-electron chi connectivity index (χ2n) is 6.81. The Morgan fingerprint density at radius 1 is 1.26 bits per heavy atom. The van der Waals surface area contributed by atoms with E-state index in [1.54, 1.807) is 4.90 Å². The molecule has 1 aliphatic heterocycles. The molecule has 2 aliphatic rings. The van der Waals surface area contributed by atoms with Crippen LogP contribution in [0.1, 0.15) is 44.9 Å². The van der Waals surface area contributed by atoms with E-state index in [-0.39, 0.29) is 18.5 Å². The molecule has 0 bridgehead atoms. The summed E-state index contributed by atoms with van der Waals surface area (Å²) in [7, 11) is -1.33. The van der Waals surface area contributed by atoms with Crippen molar-refractivity contribution in [2.45, 2.75) is 51.0 Å². The minimum atomic E-state index is -1.33. The van der Waals surface area contributed by atoms with Crippen molar-refractivity contribution < 1.29 is 13.8 Å². The van der Waals surface area contributed by atoms with Crippen LogP contribution in [-0.2, 0) is 20.6 Å². The molecule has 0 aromatic rings. The third-order valence-electron chi connectivity index (χ3n) is 4.92. The lowest BCUT2D eigenvalue weighted by atomic mass is 9.88. The van der Waals surface area contributed by atoms with Gasteiger partial charge in [-0.1, -0.05) is 19.3 Å². The molecule has 1 saturated carbocycles. The van der Waals surface area contributed by atoms with Crippen molar-refractivity contribution in [1.29, 1.82) is 0 Å². The van der Waals surface area contributed by atoms with E-state index in [2.05, 4.69) is 9.62 Å². The second-order valence-corrected chi connectivity index (χ2v) is 7.92. The summed E-state index contributed by atoms with van der Waals surface area (Å²) in [4.78, 5) is 27.2. The zero-order chi connectivity index (χ0) is 16.7. The Hall–Kier alpha value is -0.950. The first-order valence-corrected chi connectivity index (χ1v) is 10.2. The van der Waals surface area contributed by atoms with Crippen LogP contribution in [0.4, 0.5) is 0 Å². The molecule has 6 nitrogen and oxygen atoms in total. The predicted molar refractivity (Wildman–Crippen MR) is 91.0 cm³/mol. The van der Waals surface area contributed by atoms with Crippen LogP contribution in [0.5, 0.6) is 0 Å². The van der Waals surface area contributed by atoms with Crippen LogP contribution in [-0.4, -0.2) is 64.8 Å². The first-order chi connectivity index (χ1) is 11.1. The maximum Gasteiger partial charge on any atom is 0.245 e. The Morgan fingerprint density at radius 2 is 2.00 bits per heavy atom. The summed E-state index contributed by atoms with van der Waals surface area (Å²) in [5.74, 6) is 0.445. The number of carbonyl (C=O) groups excluding carboxylic acids is 2. The lowest BCUT2D eigenvalue weighted by molar-refractivity contribution is -0.122. The summed E-state index contributed by atoms with van der Waals surface area (Å²) in [6.45, 7) is 2.68. The number of nitrogens with one attached hydrogen (secondary N) is 1. The Morgan fingerprint density at radius 3 is 2.65 bits per heavy atom. The fourth-order valence-electron chi connectivity index (χ4n) is 3.80. The van der Waals surface area contributed by atoms with E-state index in [4.69, 9.17) is 0 Å². The highest BCUT2D eigenvalue weighted by atomic mass is 32.2. The Balaban J connectivity index is 1.98. The molecule has 1 saturated heterocycles. The smallest absolute Gasteiger partial charge is 0.245 e. The monoisotopic (exact) mass is 343 g/mol. The van der Waals surface area contributed by atoms with E-state index >= 15 is 0 Å². The van der Waals surface area contributed by atoms with Gasteiger partial charge in [-0.25, -0.2) is 4.21 Å². The first-order valence-electron chi connectivity index (χ1n) is 8.64. The molecule has 7 heteroatoms. The quantitative estimate of drug-likeness (QED) is 0.697. The second kappa shape index (κ2) is 9.37. The average Bonchev–Trinajstić information content (AvgIpc) is 2.54. The molecule has 0 spiro atoms. The van der Waals surface area contributed by atoms with Crippen molar-refractivity contribution in [1.82, 2.24) is 14.5 Å². The van der Waals surface area contributed by atoms with Crippen molar-refractivity contribution >= 4 is 23.3 Å². The highest BCUT2D eigenvalue weighted by molar-refractivity contribution is 7.82. The fourth-order valence-corrected chi connectivity index (χ4v) is 4.18. The van der Waals surface area contributed by atoms with E-state index in [0.717, 1.165) is 32.3 Å². The molecule has 2 fully saturated rings. The number of rotatable bonds is 7. The summed E-state index contributed by atoms with van der Waals surface area (Å²) in [5.41, 5.74) is 0. The van der Waals surface area contributed by atoms with Crippen LogP contribution in [0.2, 0.25) is 0 Å². The molecular formula is C16H29N3O3S. The van der Waals surface area contributed by atoms with E-state index in [9.17, 15) is 13.8 Å². The molecule has 2 rings (SSSR count). The molecular weight excluding hydrogens is 314 g/mol. The third-order valence-corrected chi connectivity index (χ3v) is 5.43. The lowest BCUT2D eigenvalue weighted by Crippen LogP contribution is -2.52. The molecule has 0 aromatic carbocycles. The standard InChI is InChI=1S/C16H29N3O3S/c1-23(22)17-16(21)12-19(10-14-6-3-2-4-7-14)15-8-5-9-18(11-15)13-20/h13-15H,2-12H2,1H3,(H,17,21). The molecule has 132 valence electrons. The summed E-state index contributed by atoms with van der Waals surface area (Å²) < 4.78 is 13.7. The number of carbonyl (C=O) groups is 2. The van der Waals surface area contributed by atoms with E-state index in [1.807, 2.05) is 0 Å². The van der Waals surface area contributed by atoms with Gasteiger partial charge in [0.15, 0.2) is 0 Å². The van der Waals surface area contributed by atoms with Gasteiger partial charge in [-0.05, 0) is 31.6 Å². The molecule has 2 unspecified atom stereocenters. The van der Waals surface area contributed by atoms with Crippen LogP contribution in [0.3, 0.4) is 0 Å². The SMILES string of the molecule is CS(=O)NC(=O)CN(CC1CCCCC1)C1CCCN(C=O)C1. The van der Waals surface area contributed by atoms with Crippen LogP contribution in [0, 0.1) is 5.92 Å². The summed E-state index contributed by atoms with van der Waals surface area (Å²) >= 11 is 0. The Kier molecular flexibility index (Phi) is 7.49. The highest BCUT2D eigenvalue weighted by Crippen LogP contribution is 2.26. The van der Waals surface area contributed by atoms with E-state index < -0.39 is 11.0 Å². The van der Waals surface area contributed by atoms with Crippen molar-refractivity contribution in [3.05, 3.63) is 0 Å². The van der Waals surface area contributed by atoms with E-state index in [0.29, 0.717) is 12.5 Å². The molecule has 23 heavy (non-hydrogen) atoms. The van der Waals surface area contributed by atoms with Crippen LogP contribution >= 0.6 is 0 Å². The number of piperidine rings is 1. The molecule has 1 heterocycles. The van der Waals surface area contributed by atoms with Crippen molar-refractivity contribution in [3.63, 3.8) is 0 Å². The minimum Gasteiger partial charge on any atom is -0.344 e. The number of nitrogens with zero attached hydrogens (tertiary/aromatic N) is 2. The Bertz CT molecular complexity index is 427. The van der Waals surface area contributed by atoms with Gasteiger partial charge in [0.1, 0.15) is 11.0 Å².